The number of hydrogen-bond donors (Lipinski definition) is 3. The number of benzene rings is 2. The van der Waals surface area contributed by atoms with Crippen molar-refractivity contribution >= 4 is 23.8 Å². The Morgan fingerprint density at radius 3 is 2.50 bits per heavy atom. The molecule has 0 aliphatic carbocycles. The van der Waals surface area contributed by atoms with E-state index in [1.165, 1.54) is 4.90 Å². The van der Waals surface area contributed by atoms with Crippen molar-refractivity contribution in [3.05, 3.63) is 64.7 Å². The van der Waals surface area contributed by atoms with Crippen molar-refractivity contribution < 1.29 is 24.2 Å². The second-order valence-corrected chi connectivity index (χ2v) is 8.90. The molecule has 1 aliphatic rings. The maximum absolute atomic E-state index is 12.8. The number of aryl methyl sites for hydroxylation is 1. The van der Waals surface area contributed by atoms with Gasteiger partial charge in [-0.15, -0.1) is 0 Å². The number of hydrogen-bond acceptors (Lipinski definition) is 4. The summed E-state index contributed by atoms with van der Waals surface area (Å²) in [6, 6.07) is 12.0. The van der Waals surface area contributed by atoms with E-state index in [1.807, 2.05) is 43.3 Å². The van der Waals surface area contributed by atoms with Gasteiger partial charge in [-0.2, -0.15) is 0 Å². The standard InChI is InChI=1S/C24H29N3O5/c1-15-10-17-12-20(27(23(30)31)14-16-8-6-5-7-9-16)21(28)25-13-18(17)11-19(15)26-22(29)32-24(2,3)4/h5-11,20H,12-14H2,1-4H3,(H,25,28)(H,26,29)(H,30,31). The maximum atomic E-state index is 12.8. The second-order valence-electron chi connectivity index (χ2n) is 8.90. The molecule has 0 aromatic heterocycles. The zero-order valence-corrected chi connectivity index (χ0v) is 18.8. The van der Waals surface area contributed by atoms with Crippen LogP contribution in [0.25, 0.3) is 0 Å². The van der Waals surface area contributed by atoms with Gasteiger partial charge in [0.15, 0.2) is 0 Å². The first-order valence-corrected chi connectivity index (χ1v) is 10.5. The van der Waals surface area contributed by atoms with Crippen molar-refractivity contribution in [2.24, 2.45) is 0 Å². The van der Waals surface area contributed by atoms with Crippen LogP contribution in [0.4, 0.5) is 15.3 Å². The van der Waals surface area contributed by atoms with E-state index in [-0.39, 0.29) is 25.4 Å². The first kappa shape index (κ1) is 23.1. The third kappa shape index (κ3) is 5.78. The molecule has 1 aliphatic heterocycles. The number of carbonyl (C=O) groups excluding carboxylic acids is 2. The van der Waals surface area contributed by atoms with E-state index < -0.39 is 23.8 Å². The summed E-state index contributed by atoms with van der Waals surface area (Å²) in [5.74, 6) is -0.348. The summed E-state index contributed by atoms with van der Waals surface area (Å²) < 4.78 is 5.32. The topological polar surface area (TPSA) is 108 Å². The molecule has 3 amide bonds. The van der Waals surface area contributed by atoms with Crippen LogP contribution in [0.2, 0.25) is 0 Å². The lowest BCUT2D eigenvalue weighted by atomic mass is 9.97. The van der Waals surface area contributed by atoms with Gasteiger partial charge in [0.05, 0.1) is 0 Å². The summed E-state index contributed by atoms with van der Waals surface area (Å²) in [4.78, 5) is 38.2. The number of carboxylic acid groups (broad SMARTS) is 1. The Morgan fingerprint density at radius 2 is 1.88 bits per heavy atom. The lowest BCUT2D eigenvalue weighted by molar-refractivity contribution is -0.126. The first-order chi connectivity index (χ1) is 15.0. The number of rotatable bonds is 4. The van der Waals surface area contributed by atoms with Gasteiger partial charge in [-0.1, -0.05) is 36.4 Å². The van der Waals surface area contributed by atoms with Crippen LogP contribution >= 0.6 is 0 Å². The molecule has 0 radical (unpaired) electrons. The Labute approximate surface area is 187 Å². The highest BCUT2D eigenvalue weighted by Gasteiger charge is 2.33. The molecular formula is C24H29N3O5. The van der Waals surface area contributed by atoms with Crippen LogP contribution in [0, 0.1) is 6.92 Å². The molecule has 170 valence electrons. The van der Waals surface area contributed by atoms with Crippen LogP contribution in [0.15, 0.2) is 42.5 Å². The van der Waals surface area contributed by atoms with Crippen molar-refractivity contribution in [1.29, 1.82) is 0 Å². The average molecular weight is 440 g/mol. The van der Waals surface area contributed by atoms with Crippen LogP contribution in [-0.4, -0.2) is 39.7 Å². The highest BCUT2D eigenvalue weighted by Crippen LogP contribution is 2.26. The van der Waals surface area contributed by atoms with E-state index in [4.69, 9.17) is 4.74 Å². The molecule has 0 bridgehead atoms. The third-order valence-electron chi connectivity index (χ3n) is 5.17. The Kier molecular flexibility index (Phi) is 6.72. The molecule has 8 heteroatoms. The predicted molar refractivity (Wildman–Crippen MR) is 120 cm³/mol. The van der Waals surface area contributed by atoms with Crippen molar-refractivity contribution in [1.82, 2.24) is 10.2 Å². The normalized spacial score (nSPS) is 15.8. The van der Waals surface area contributed by atoms with E-state index in [1.54, 1.807) is 26.8 Å². The summed E-state index contributed by atoms with van der Waals surface area (Å²) in [6.07, 6.45) is -1.47. The average Bonchev–Trinajstić information content (AvgIpc) is 2.84. The molecule has 0 saturated carbocycles. The van der Waals surface area contributed by atoms with Gasteiger partial charge in [-0.25, -0.2) is 9.59 Å². The second kappa shape index (κ2) is 9.30. The number of amides is 3. The van der Waals surface area contributed by atoms with Gasteiger partial charge in [0.25, 0.3) is 0 Å². The van der Waals surface area contributed by atoms with Crippen LogP contribution in [0.3, 0.4) is 0 Å². The number of anilines is 1. The molecule has 32 heavy (non-hydrogen) atoms. The van der Waals surface area contributed by atoms with Gasteiger partial charge in [0.1, 0.15) is 11.6 Å². The van der Waals surface area contributed by atoms with Crippen LogP contribution in [0.1, 0.15) is 43.0 Å². The van der Waals surface area contributed by atoms with Crippen molar-refractivity contribution in [2.75, 3.05) is 5.32 Å². The van der Waals surface area contributed by atoms with Crippen molar-refractivity contribution in [3.63, 3.8) is 0 Å². The number of fused-ring (bicyclic) bond motifs is 1. The Bertz CT molecular complexity index is 1010. The molecular weight excluding hydrogens is 410 g/mol. The highest BCUT2D eigenvalue weighted by atomic mass is 16.6. The van der Waals surface area contributed by atoms with Gasteiger partial charge in [0.2, 0.25) is 5.91 Å². The van der Waals surface area contributed by atoms with Gasteiger partial charge in [-0.05, 0) is 56.0 Å². The summed E-state index contributed by atoms with van der Waals surface area (Å²) >= 11 is 0. The van der Waals surface area contributed by atoms with Crippen LogP contribution < -0.4 is 10.6 Å². The molecule has 0 spiro atoms. The summed E-state index contributed by atoms with van der Waals surface area (Å²) in [5, 5.41) is 15.4. The fourth-order valence-electron chi connectivity index (χ4n) is 3.66. The maximum Gasteiger partial charge on any atom is 0.412 e. The molecule has 0 saturated heterocycles. The quantitative estimate of drug-likeness (QED) is 0.666. The minimum atomic E-state index is -1.16. The lowest BCUT2D eigenvalue weighted by Crippen LogP contribution is -2.48. The van der Waals surface area contributed by atoms with Gasteiger partial charge in [-0.3, -0.25) is 15.0 Å². The minimum absolute atomic E-state index is 0.112. The number of carbonyl (C=O) groups is 3. The molecule has 3 rings (SSSR count). The third-order valence-corrected chi connectivity index (χ3v) is 5.17. The summed E-state index contributed by atoms with van der Waals surface area (Å²) in [7, 11) is 0. The molecule has 1 heterocycles. The molecule has 3 N–H and O–H groups in total. The number of nitrogens with zero attached hydrogens (tertiary/aromatic N) is 1. The number of nitrogens with one attached hydrogen (secondary N) is 2. The van der Waals surface area contributed by atoms with Crippen LogP contribution in [0.5, 0.6) is 0 Å². The van der Waals surface area contributed by atoms with E-state index in [2.05, 4.69) is 10.6 Å². The summed E-state index contributed by atoms with van der Waals surface area (Å²) in [5.41, 5.74) is 3.25. The zero-order valence-electron chi connectivity index (χ0n) is 18.8. The Morgan fingerprint density at radius 1 is 1.19 bits per heavy atom. The fraction of sp³-hybridized carbons (Fsp3) is 0.375. The van der Waals surface area contributed by atoms with Gasteiger partial charge < -0.3 is 15.2 Å². The largest absolute Gasteiger partial charge is 0.465 e. The van der Waals surface area contributed by atoms with E-state index in [9.17, 15) is 19.5 Å². The van der Waals surface area contributed by atoms with Gasteiger partial charge >= 0.3 is 12.2 Å². The Hall–Kier alpha value is -3.55. The van der Waals surface area contributed by atoms with Crippen LogP contribution in [-0.2, 0) is 29.0 Å². The first-order valence-electron chi connectivity index (χ1n) is 10.5. The summed E-state index contributed by atoms with van der Waals surface area (Å²) in [6.45, 7) is 7.57. The highest BCUT2D eigenvalue weighted by molar-refractivity contribution is 5.88. The van der Waals surface area contributed by atoms with E-state index in [0.29, 0.717) is 5.69 Å². The SMILES string of the molecule is Cc1cc2c(cc1NC(=O)OC(C)(C)C)CNC(=O)C(N(Cc1ccccc1)C(=O)O)C2. The molecule has 2 aromatic carbocycles. The molecule has 1 unspecified atom stereocenters. The Balaban J connectivity index is 1.85. The van der Waals surface area contributed by atoms with Crippen molar-refractivity contribution in [2.45, 2.75) is 58.8 Å². The smallest absolute Gasteiger partial charge is 0.412 e. The fourth-order valence-corrected chi connectivity index (χ4v) is 3.66. The van der Waals surface area contributed by atoms with E-state index in [0.717, 1.165) is 22.3 Å². The zero-order chi connectivity index (χ0) is 23.5. The molecule has 0 fully saturated rings. The lowest BCUT2D eigenvalue weighted by Gasteiger charge is -2.27. The number of ether oxygens (including phenoxy) is 1. The molecule has 1 atom stereocenters. The molecule has 2 aromatic rings. The molecule has 8 nitrogen and oxygen atoms in total. The van der Waals surface area contributed by atoms with Crippen molar-refractivity contribution in [3.8, 4) is 0 Å². The predicted octanol–water partition coefficient (Wildman–Crippen LogP) is 4.06. The monoisotopic (exact) mass is 439 g/mol. The van der Waals surface area contributed by atoms with E-state index >= 15 is 0 Å². The van der Waals surface area contributed by atoms with Gasteiger partial charge in [0, 0.05) is 25.2 Å². The minimum Gasteiger partial charge on any atom is -0.465 e.